The highest BCUT2D eigenvalue weighted by atomic mass is 16.3. The fourth-order valence-electron chi connectivity index (χ4n) is 3.47. The lowest BCUT2D eigenvalue weighted by atomic mass is 9.71. The van der Waals surface area contributed by atoms with Gasteiger partial charge in [-0.25, -0.2) is 0 Å². The zero-order chi connectivity index (χ0) is 12.5. The standard InChI is InChI=1S/C14H27NO2/c1-14(2)5-3-13(17)12(7-14)9-15-6-4-11(8-15)10-16/h11-13,16-17H,3-10H2,1-2H3. The molecule has 1 heterocycles. The molecule has 0 amide bonds. The van der Waals surface area contributed by atoms with Gasteiger partial charge in [-0.3, -0.25) is 0 Å². The average Bonchev–Trinajstić information content (AvgIpc) is 2.71. The number of likely N-dealkylation sites (tertiary alicyclic amines) is 1. The highest BCUT2D eigenvalue weighted by Crippen LogP contribution is 2.39. The largest absolute Gasteiger partial charge is 0.396 e. The minimum Gasteiger partial charge on any atom is -0.396 e. The van der Waals surface area contributed by atoms with Crippen molar-refractivity contribution in [3.8, 4) is 0 Å². The summed E-state index contributed by atoms with van der Waals surface area (Å²) in [6, 6.07) is 0. The van der Waals surface area contributed by atoms with Gasteiger partial charge in [0.05, 0.1) is 6.10 Å². The van der Waals surface area contributed by atoms with E-state index in [1.165, 1.54) is 0 Å². The Hall–Kier alpha value is -0.120. The summed E-state index contributed by atoms with van der Waals surface area (Å²) in [5.74, 6) is 0.889. The van der Waals surface area contributed by atoms with Crippen molar-refractivity contribution in [3.63, 3.8) is 0 Å². The summed E-state index contributed by atoms with van der Waals surface area (Å²) in [5.41, 5.74) is 0.389. The van der Waals surface area contributed by atoms with Crippen molar-refractivity contribution < 1.29 is 10.2 Å². The minimum atomic E-state index is -0.115. The maximum Gasteiger partial charge on any atom is 0.0581 e. The van der Waals surface area contributed by atoms with E-state index in [-0.39, 0.29) is 6.10 Å². The van der Waals surface area contributed by atoms with Crippen LogP contribution in [-0.2, 0) is 0 Å². The van der Waals surface area contributed by atoms with Gasteiger partial charge in [-0.05, 0) is 49.5 Å². The van der Waals surface area contributed by atoms with E-state index in [1.807, 2.05) is 0 Å². The van der Waals surface area contributed by atoms with Gasteiger partial charge < -0.3 is 15.1 Å². The lowest BCUT2D eigenvalue weighted by molar-refractivity contribution is 0.00664. The Morgan fingerprint density at radius 3 is 2.71 bits per heavy atom. The second kappa shape index (κ2) is 5.25. The van der Waals surface area contributed by atoms with Crippen molar-refractivity contribution in [3.05, 3.63) is 0 Å². The molecule has 0 aromatic carbocycles. The van der Waals surface area contributed by atoms with Crippen LogP contribution in [0.25, 0.3) is 0 Å². The molecule has 3 heteroatoms. The maximum atomic E-state index is 10.1. The zero-order valence-electron chi connectivity index (χ0n) is 11.2. The zero-order valence-corrected chi connectivity index (χ0v) is 11.2. The van der Waals surface area contributed by atoms with Gasteiger partial charge in [0.1, 0.15) is 0 Å². The maximum absolute atomic E-state index is 10.1. The fourth-order valence-corrected chi connectivity index (χ4v) is 3.47. The Morgan fingerprint density at radius 1 is 1.29 bits per heavy atom. The number of aliphatic hydroxyl groups excluding tert-OH is 2. The molecule has 1 saturated carbocycles. The van der Waals surface area contributed by atoms with Gasteiger partial charge in [0.2, 0.25) is 0 Å². The Balaban J connectivity index is 1.85. The molecule has 1 saturated heterocycles. The number of hydrogen-bond acceptors (Lipinski definition) is 3. The highest BCUT2D eigenvalue weighted by Gasteiger charge is 2.35. The van der Waals surface area contributed by atoms with Crippen LogP contribution in [0.3, 0.4) is 0 Å². The predicted molar refractivity (Wildman–Crippen MR) is 68.8 cm³/mol. The summed E-state index contributed by atoms with van der Waals surface area (Å²) in [7, 11) is 0. The summed E-state index contributed by atoms with van der Waals surface area (Å²) in [6.07, 6.45) is 4.23. The molecule has 17 heavy (non-hydrogen) atoms. The van der Waals surface area contributed by atoms with Crippen molar-refractivity contribution >= 4 is 0 Å². The van der Waals surface area contributed by atoms with Gasteiger partial charge >= 0.3 is 0 Å². The van der Waals surface area contributed by atoms with Crippen molar-refractivity contribution in [2.45, 2.75) is 45.6 Å². The molecule has 3 nitrogen and oxygen atoms in total. The van der Waals surface area contributed by atoms with Gasteiger partial charge in [-0.15, -0.1) is 0 Å². The molecule has 3 atom stereocenters. The molecule has 0 spiro atoms. The van der Waals surface area contributed by atoms with Crippen LogP contribution in [0.1, 0.15) is 39.5 Å². The first-order valence-corrected chi connectivity index (χ1v) is 7.01. The molecule has 2 fully saturated rings. The molecule has 3 unspecified atom stereocenters. The van der Waals surface area contributed by atoms with Crippen molar-refractivity contribution in [2.75, 3.05) is 26.2 Å². The second-order valence-electron chi connectivity index (χ2n) is 6.83. The van der Waals surface area contributed by atoms with E-state index in [0.717, 1.165) is 45.3 Å². The van der Waals surface area contributed by atoms with Crippen molar-refractivity contribution in [1.82, 2.24) is 4.90 Å². The fraction of sp³-hybridized carbons (Fsp3) is 1.00. The van der Waals surface area contributed by atoms with Gasteiger partial charge in [0.25, 0.3) is 0 Å². The molecular weight excluding hydrogens is 214 g/mol. The first kappa shape index (κ1) is 13.3. The lowest BCUT2D eigenvalue weighted by Crippen LogP contribution is -2.40. The lowest BCUT2D eigenvalue weighted by Gasteiger charge is -2.40. The van der Waals surface area contributed by atoms with Crippen molar-refractivity contribution in [2.24, 2.45) is 17.3 Å². The summed E-state index contributed by atoms with van der Waals surface area (Å²) < 4.78 is 0. The molecule has 2 N–H and O–H groups in total. The van der Waals surface area contributed by atoms with Crippen LogP contribution >= 0.6 is 0 Å². The number of rotatable bonds is 3. The molecule has 0 aromatic rings. The van der Waals surface area contributed by atoms with Gasteiger partial charge in [-0.1, -0.05) is 13.8 Å². The third kappa shape index (κ3) is 3.43. The van der Waals surface area contributed by atoms with Crippen LogP contribution in [0, 0.1) is 17.3 Å². The molecule has 2 rings (SSSR count). The predicted octanol–water partition coefficient (Wildman–Crippen LogP) is 1.49. The monoisotopic (exact) mass is 241 g/mol. The van der Waals surface area contributed by atoms with Crippen molar-refractivity contribution in [1.29, 1.82) is 0 Å². The summed E-state index contributed by atoms with van der Waals surface area (Å²) in [5, 5.41) is 19.3. The SMILES string of the molecule is CC1(C)CCC(O)C(CN2CCC(CO)C2)C1. The van der Waals surface area contributed by atoms with Crippen LogP contribution < -0.4 is 0 Å². The van der Waals surface area contributed by atoms with E-state index in [1.54, 1.807) is 0 Å². The van der Waals surface area contributed by atoms with E-state index in [4.69, 9.17) is 5.11 Å². The summed E-state index contributed by atoms with van der Waals surface area (Å²) in [4.78, 5) is 2.43. The number of aliphatic hydroxyl groups is 2. The summed E-state index contributed by atoms with van der Waals surface area (Å²) in [6.45, 7) is 8.06. The van der Waals surface area contributed by atoms with Crippen LogP contribution in [0.15, 0.2) is 0 Å². The van der Waals surface area contributed by atoms with Gasteiger partial charge in [0, 0.05) is 19.7 Å². The molecular formula is C14H27NO2. The van der Waals surface area contributed by atoms with Gasteiger partial charge in [-0.2, -0.15) is 0 Å². The highest BCUT2D eigenvalue weighted by molar-refractivity contribution is 4.88. The Morgan fingerprint density at radius 2 is 2.06 bits per heavy atom. The Bertz CT molecular complexity index is 255. The molecule has 0 bridgehead atoms. The molecule has 1 aliphatic carbocycles. The second-order valence-corrected chi connectivity index (χ2v) is 6.83. The van der Waals surface area contributed by atoms with E-state index in [2.05, 4.69) is 18.7 Å². The smallest absolute Gasteiger partial charge is 0.0581 e. The Labute approximate surface area is 105 Å². The van der Waals surface area contributed by atoms with E-state index in [9.17, 15) is 5.11 Å². The van der Waals surface area contributed by atoms with Crippen LogP contribution in [0.2, 0.25) is 0 Å². The average molecular weight is 241 g/mol. The topological polar surface area (TPSA) is 43.7 Å². The molecule has 0 aromatic heterocycles. The van der Waals surface area contributed by atoms with Gasteiger partial charge in [0.15, 0.2) is 0 Å². The van der Waals surface area contributed by atoms with E-state index < -0.39 is 0 Å². The van der Waals surface area contributed by atoms with E-state index in [0.29, 0.717) is 23.9 Å². The Kier molecular flexibility index (Phi) is 4.11. The van der Waals surface area contributed by atoms with Crippen LogP contribution in [0.5, 0.6) is 0 Å². The minimum absolute atomic E-state index is 0.115. The van der Waals surface area contributed by atoms with E-state index >= 15 is 0 Å². The first-order chi connectivity index (χ1) is 8.00. The quantitative estimate of drug-likeness (QED) is 0.787. The number of nitrogens with zero attached hydrogens (tertiary/aromatic N) is 1. The summed E-state index contributed by atoms with van der Waals surface area (Å²) >= 11 is 0. The molecule has 2 aliphatic rings. The number of hydrogen-bond donors (Lipinski definition) is 2. The molecule has 100 valence electrons. The molecule has 0 radical (unpaired) electrons. The van der Waals surface area contributed by atoms with Crippen LogP contribution in [0.4, 0.5) is 0 Å². The first-order valence-electron chi connectivity index (χ1n) is 7.01. The third-order valence-corrected chi connectivity index (χ3v) is 4.60. The third-order valence-electron chi connectivity index (χ3n) is 4.60. The normalized spacial score (nSPS) is 38.5. The van der Waals surface area contributed by atoms with Crippen LogP contribution in [-0.4, -0.2) is 47.5 Å². The molecule has 1 aliphatic heterocycles.